The quantitative estimate of drug-likeness (QED) is 0.842. The van der Waals surface area contributed by atoms with Gasteiger partial charge < -0.3 is 4.98 Å². The van der Waals surface area contributed by atoms with Gasteiger partial charge in [-0.1, -0.05) is 26.2 Å². The zero-order valence-corrected chi connectivity index (χ0v) is 11.0. The molecule has 1 fully saturated rings. The third kappa shape index (κ3) is 3.09. The maximum Gasteiger partial charge on any atom is 0.251 e. The predicted octanol–water partition coefficient (Wildman–Crippen LogP) is 3.19. The Morgan fingerprint density at radius 3 is 3.06 bits per heavy atom. The molecule has 0 bridgehead atoms. The molecule has 94 valence electrons. The van der Waals surface area contributed by atoms with Gasteiger partial charge in [-0.05, 0) is 18.8 Å². The van der Waals surface area contributed by atoms with Crippen LogP contribution in [0.15, 0.2) is 10.9 Å². The highest BCUT2D eigenvalue weighted by Crippen LogP contribution is 2.35. The van der Waals surface area contributed by atoms with E-state index in [9.17, 15) is 4.79 Å². The highest BCUT2D eigenvalue weighted by Gasteiger charge is 2.23. The van der Waals surface area contributed by atoms with E-state index in [4.69, 9.17) is 11.6 Å². The molecule has 1 N–H and O–H groups in total. The number of nitrogens with one attached hydrogen (secondary N) is 1. The van der Waals surface area contributed by atoms with Crippen LogP contribution in [0.5, 0.6) is 0 Å². The molecule has 1 heterocycles. The van der Waals surface area contributed by atoms with E-state index in [1.54, 1.807) is 0 Å². The van der Waals surface area contributed by atoms with Crippen molar-refractivity contribution in [1.82, 2.24) is 9.97 Å². The van der Waals surface area contributed by atoms with Crippen molar-refractivity contribution in [1.29, 1.82) is 0 Å². The van der Waals surface area contributed by atoms with Gasteiger partial charge in [0.2, 0.25) is 0 Å². The van der Waals surface area contributed by atoms with Crippen molar-refractivity contribution in [3.8, 4) is 0 Å². The molecule has 17 heavy (non-hydrogen) atoms. The highest BCUT2D eigenvalue weighted by atomic mass is 35.5. The summed E-state index contributed by atoms with van der Waals surface area (Å²) in [6.07, 6.45) is 6.04. The van der Waals surface area contributed by atoms with Crippen LogP contribution in [0.2, 0.25) is 0 Å². The number of nitrogens with zero attached hydrogens (tertiary/aromatic N) is 1. The van der Waals surface area contributed by atoms with Gasteiger partial charge in [0.15, 0.2) is 0 Å². The molecule has 2 unspecified atom stereocenters. The first-order chi connectivity index (χ1) is 8.22. The lowest BCUT2D eigenvalue weighted by Crippen LogP contribution is -2.20. The smallest absolute Gasteiger partial charge is 0.251 e. The first-order valence-corrected chi connectivity index (χ1v) is 6.92. The summed E-state index contributed by atoms with van der Waals surface area (Å²) in [4.78, 5) is 18.8. The summed E-state index contributed by atoms with van der Waals surface area (Å²) in [6.45, 7) is 2.23. The van der Waals surface area contributed by atoms with E-state index in [0.717, 1.165) is 24.6 Å². The second kappa shape index (κ2) is 5.67. The molecule has 0 spiro atoms. The predicted molar refractivity (Wildman–Crippen MR) is 69.4 cm³/mol. The van der Waals surface area contributed by atoms with Gasteiger partial charge in [0.1, 0.15) is 5.82 Å². The SMILES string of the molecule is CCC1CCCC(c2nc(CCl)cc(=O)[nH]2)C1. The summed E-state index contributed by atoms with van der Waals surface area (Å²) < 4.78 is 0. The molecule has 0 aromatic carbocycles. The Kier molecular flexibility index (Phi) is 4.21. The maximum absolute atomic E-state index is 11.5. The van der Waals surface area contributed by atoms with Crippen LogP contribution in [-0.2, 0) is 5.88 Å². The van der Waals surface area contributed by atoms with Crippen LogP contribution in [0.25, 0.3) is 0 Å². The van der Waals surface area contributed by atoms with Gasteiger partial charge in [-0.2, -0.15) is 0 Å². The van der Waals surface area contributed by atoms with E-state index < -0.39 is 0 Å². The Morgan fingerprint density at radius 1 is 1.53 bits per heavy atom. The summed E-state index contributed by atoms with van der Waals surface area (Å²) in [5, 5.41) is 0. The molecule has 0 saturated heterocycles. The van der Waals surface area contributed by atoms with Gasteiger partial charge in [0.05, 0.1) is 11.6 Å². The molecular weight excluding hydrogens is 236 g/mol. The molecule has 1 aliphatic carbocycles. The fraction of sp³-hybridized carbons (Fsp3) is 0.692. The second-order valence-electron chi connectivity index (χ2n) is 4.89. The van der Waals surface area contributed by atoms with E-state index in [-0.39, 0.29) is 5.56 Å². The van der Waals surface area contributed by atoms with E-state index in [1.165, 1.54) is 25.3 Å². The lowest BCUT2D eigenvalue weighted by molar-refractivity contribution is 0.306. The average molecular weight is 255 g/mol. The Morgan fingerprint density at radius 2 is 2.35 bits per heavy atom. The number of hydrogen-bond acceptors (Lipinski definition) is 2. The number of halogens is 1. The van der Waals surface area contributed by atoms with Crippen molar-refractivity contribution in [2.75, 3.05) is 0 Å². The number of aromatic amines is 1. The van der Waals surface area contributed by atoms with Crippen LogP contribution in [0, 0.1) is 5.92 Å². The summed E-state index contributed by atoms with van der Waals surface area (Å²) in [5.74, 6) is 2.33. The average Bonchev–Trinajstić information content (AvgIpc) is 2.38. The fourth-order valence-corrected chi connectivity index (χ4v) is 2.84. The first-order valence-electron chi connectivity index (χ1n) is 6.39. The summed E-state index contributed by atoms with van der Waals surface area (Å²) in [7, 11) is 0. The van der Waals surface area contributed by atoms with E-state index in [2.05, 4.69) is 16.9 Å². The Bertz CT molecular complexity index is 430. The van der Waals surface area contributed by atoms with Gasteiger partial charge >= 0.3 is 0 Å². The standard InChI is InChI=1S/C13H19ClN2O/c1-2-9-4-3-5-10(6-9)13-15-11(8-14)7-12(17)16-13/h7,9-10H,2-6,8H2,1H3,(H,15,16,17). The van der Waals surface area contributed by atoms with Gasteiger partial charge in [0.25, 0.3) is 5.56 Å². The molecule has 2 atom stereocenters. The minimum absolute atomic E-state index is 0.0794. The molecule has 3 nitrogen and oxygen atoms in total. The maximum atomic E-state index is 11.5. The van der Waals surface area contributed by atoms with Crippen molar-refractivity contribution in [2.45, 2.75) is 50.8 Å². The van der Waals surface area contributed by atoms with E-state index >= 15 is 0 Å². The molecule has 0 amide bonds. The topological polar surface area (TPSA) is 45.8 Å². The van der Waals surface area contributed by atoms with Crippen molar-refractivity contribution in [3.63, 3.8) is 0 Å². The van der Waals surface area contributed by atoms with Gasteiger partial charge in [0, 0.05) is 12.0 Å². The van der Waals surface area contributed by atoms with Crippen LogP contribution in [0.4, 0.5) is 0 Å². The summed E-state index contributed by atoms with van der Waals surface area (Å²) in [6, 6.07) is 1.48. The van der Waals surface area contributed by atoms with Gasteiger partial charge in [-0.3, -0.25) is 4.79 Å². The Hall–Kier alpha value is -0.830. The van der Waals surface area contributed by atoms with Crippen LogP contribution < -0.4 is 5.56 Å². The summed E-state index contributed by atoms with van der Waals surface area (Å²) >= 11 is 5.75. The second-order valence-corrected chi connectivity index (χ2v) is 5.16. The van der Waals surface area contributed by atoms with Crippen LogP contribution in [0.3, 0.4) is 0 Å². The Balaban J connectivity index is 2.21. The Labute approximate surface area is 107 Å². The number of H-pyrrole nitrogens is 1. The van der Waals surface area contributed by atoms with Crippen molar-refractivity contribution < 1.29 is 0 Å². The van der Waals surface area contributed by atoms with Crippen molar-refractivity contribution >= 4 is 11.6 Å². The highest BCUT2D eigenvalue weighted by molar-refractivity contribution is 6.16. The van der Waals surface area contributed by atoms with Gasteiger partial charge in [-0.15, -0.1) is 11.6 Å². The minimum atomic E-state index is -0.0794. The molecular formula is C13H19ClN2O. The molecule has 1 saturated carbocycles. The van der Waals surface area contributed by atoms with E-state index in [0.29, 0.717) is 17.5 Å². The normalized spacial score (nSPS) is 24.8. The van der Waals surface area contributed by atoms with E-state index in [1.807, 2.05) is 0 Å². The van der Waals surface area contributed by atoms with Crippen molar-refractivity contribution in [3.05, 3.63) is 27.9 Å². The molecule has 4 heteroatoms. The minimum Gasteiger partial charge on any atom is -0.310 e. The molecule has 1 aliphatic rings. The van der Waals surface area contributed by atoms with Crippen LogP contribution in [0.1, 0.15) is 56.5 Å². The van der Waals surface area contributed by atoms with Gasteiger partial charge in [-0.25, -0.2) is 4.98 Å². The number of rotatable bonds is 3. The lowest BCUT2D eigenvalue weighted by atomic mass is 9.80. The van der Waals surface area contributed by atoms with Crippen molar-refractivity contribution in [2.24, 2.45) is 5.92 Å². The third-order valence-electron chi connectivity index (χ3n) is 3.70. The number of hydrogen-bond donors (Lipinski definition) is 1. The zero-order chi connectivity index (χ0) is 12.3. The van der Waals surface area contributed by atoms with Crippen LogP contribution >= 0.6 is 11.6 Å². The molecule has 1 aromatic heterocycles. The lowest BCUT2D eigenvalue weighted by Gasteiger charge is -2.27. The first kappa shape index (κ1) is 12.6. The fourth-order valence-electron chi connectivity index (χ4n) is 2.70. The number of aromatic nitrogens is 2. The van der Waals surface area contributed by atoms with Crippen LogP contribution in [-0.4, -0.2) is 9.97 Å². The zero-order valence-electron chi connectivity index (χ0n) is 10.2. The largest absolute Gasteiger partial charge is 0.310 e. The molecule has 0 aliphatic heterocycles. The monoisotopic (exact) mass is 254 g/mol. The molecule has 1 aromatic rings. The molecule has 0 radical (unpaired) electrons. The number of alkyl halides is 1. The third-order valence-corrected chi connectivity index (χ3v) is 3.97. The summed E-state index contributed by atoms with van der Waals surface area (Å²) in [5.41, 5.74) is 0.605. The molecule has 2 rings (SSSR count).